The molecule has 0 saturated heterocycles. The van der Waals surface area contributed by atoms with Gasteiger partial charge in [-0.05, 0) is 43.0 Å². The van der Waals surface area contributed by atoms with Gasteiger partial charge in [-0.2, -0.15) is 0 Å². The lowest BCUT2D eigenvalue weighted by molar-refractivity contribution is -0.137. The third-order valence-electron chi connectivity index (χ3n) is 3.28. The maximum Gasteiger partial charge on any atom is 0.303 e. The van der Waals surface area contributed by atoms with E-state index in [-0.39, 0.29) is 12.5 Å². The molecule has 1 unspecified atom stereocenters. The molecule has 2 aromatic rings. The number of carbonyl (C=O) groups is 1. The molecule has 21 heavy (non-hydrogen) atoms. The molecule has 1 atom stereocenters. The van der Waals surface area contributed by atoms with E-state index in [1.807, 2.05) is 49.4 Å². The molecule has 110 valence electrons. The van der Waals surface area contributed by atoms with Crippen molar-refractivity contribution in [3.63, 3.8) is 0 Å². The van der Waals surface area contributed by atoms with Gasteiger partial charge in [0.05, 0.1) is 6.10 Å². The van der Waals surface area contributed by atoms with Crippen molar-refractivity contribution < 1.29 is 14.6 Å². The molecule has 0 spiro atoms. The topological polar surface area (TPSA) is 46.5 Å². The van der Waals surface area contributed by atoms with E-state index in [4.69, 9.17) is 9.84 Å². The summed E-state index contributed by atoms with van der Waals surface area (Å²) in [7, 11) is 0. The first-order valence-electron chi connectivity index (χ1n) is 7.15. The van der Waals surface area contributed by atoms with Crippen molar-refractivity contribution in [2.24, 2.45) is 0 Å². The van der Waals surface area contributed by atoms with E-state index < -0.39 is 5.97 Å². The summed E-state index contributed by atoms with van der Waals surface area (Å²) in [4.78, 5) is 10.5. The molecule has 2 aromatic carbocycles. The van der Waals surface area contributed by atoms with E-state index in [2.05, 4.69) is 12.1 Å². The fourth-order valence-electron chi connectivity index (χ4n) is 2.14. The molecule has 2 rings (SSSR count). The van der Waals surface area contributed by atoms with Crippen LogP contribution in [0.15, 0.2) is 54.6 Å². The first-order valence-corrected chi connectivity index (χ1v) is 7.15. The molecule has 0 aliphatic heterocycles. The van der Waals surface area contributed by atoms with Crippen LogP contribution in [0.1, 0.15) is 30.9 Å². The van der Waals surface area contributed by atoms with Crippen LogP contribution in [0.3, 0.4) is 0 Å². The third kappa shape index (κ3) is 5.30. The van der Waals surface area contributed by atoms with Gasteiger partial charge in [-0.25, -0.2) is 0 Å². The largest absolute Gasteiger partial charge is 0.491 e. The monoisotopic (exact) mass is 284 g/mol. The van der Waals surface area contributed by atoms with Gasteiger partial charge in [0.1, 0.15) is 5.75 Å². The first-order chi connectivity index (χ1) is 10.1. The minimum Gasteiger partial charge on any atom is -0.491 e. The Morgan fingerprint density at radius 3 is 2.29 bits per heavy atom. The molecule has 0 saturated carbocycles. The van der Waals surface area contributed by atoms with Crippen LogP contribution in [0.5, 0.6) is 5.75 Å². The lowest BCUT2D eigenvalue weighted by Gasteiger charge is -2.14. The summed E-state index contributed by atoms with van der Waals surface area (Å²) < 4.78 is 5.71. The minimum atomic E-state index is -0.788. The van der Waals surface area contributed by atoms with Crippen molar-refractivity contribution in [1.29, 1.82) is 0 Å². The maximum atomic E-state index is 10.5. The average Bonchev–Trinajstić information content (AvgIpc) is 2.48. The van der Waals surface area contributed by atoms with Crippen LogP contribution < -0.4 is 4.74 Å². The summed E-state index contributed by atoms with van der Waals surface area (Å²) in [5, 5.41) is 8.65. The van der Waals surface area contributed by atoms with Gasteiger partial charge in [0.2, 0.25) is 0 Å². The van der Waals surface area contributed by atoms with Crippen LogP contribution in [-0.4, -0.2) is 17.2 Å². The lowest BCUT2D eigenvalue weighted by atomic mass is 10.1. The predicted molar refractivity (Wildman–Crippen MR) is 82.6 cm³/mol. The van der Waals surface area contributed by atoms with Gasteiger partial charge in [-0.15, -0.1) is 0 Å². The van der Waals surface area contributed by atoms with Crippen molar-refractivity contribution in [2.45, 2.75) is 32.3 Å². The van der Waals surface area contributed by atoms with Crippen LogP contribution in [-0.2, 0) is 11.2 Å². The molecule has 0 aliphatic rings. The Morgan fingerprint density at radius 1 is 1.05 bits per heavy atom. The van der Waals surface area contributed by atoms with Gasteiger partial charge in [0, 0.05) is 6.42 Å². The van der Waals surface area contributed by atoms with E-state index in [1.54, 1.807) is 0 Å². The van der Waals surface area contributed by atoms with Crippen LogP contribution in [0.4, 0.5) is 0 Å². The second kappa shape index (κ2) is 7.48. The number of hydrogen-bond acceptors (Lipinski definition) is 2. The molecular formula is C18H20O3. The van der Waals surface area contributed by atoms with Crippen LogP contribution >= 0.6 is 0 Å². The maximum absolute atomic E-state index is 10.5. The second-order valence-electron chi connectivity index (χ2n) is 5.17. The first kappa shape index (κ1) is 15.1. The SMILES string of the molecule is CC(CCC(=O)O)Oc1ccc(Cc2ccccc2)cc1. The fraction of sp³-hybridized carbons (Fsp3) is 0.278. The molecular weight excluding hydrogens is 264 g/mol. The number of ether oxygens (including phenoxy) is 1. The summed E-state index contributed by atoms with van der Waals surface area (Å²) in [6, 6.07) is 18.3. The number of carboxylic acid groups (broad SMARTS) is 1. The van der Waals surface area contributed by atoms with Crippen molar-refractivity contribution in [2.75, 3.05) is 0 Å². The zero-order valence-corrected chi connectivity index (χ0v) is 12.2. The summed E-state index contributed by atoms with van der Waals surface area (Å²) in [5.41, 5.74) is 2.51. The Labute approximate surface area is 125 Å². The van der Waals surface area contributed by atoms with E-state index in [1.165, 1.54) is 11.1 Å². The average molecular weight is 284 g/mol. The molecule has 0 heterocycles. The highest BCUT2D eigenvalue weighted by molar-refractivity contribution is 5.66. The van der Waals surface area contributed by atoms with E-state index >= 15 is 0 Å². The summed E-state index contributed by atoms with van der Waals surface area (Å²) in [6.07, 6.45) is 1.45. The van der Waals surface area contributed by atoms with Gasteiger partial charge < -0.3 is 9.84 Å². The molecule has 0 aliphatic carbocycles. The van der Waals surface area contributed by atoms with Crippen molar-refractivity contribution in [3.8, 4) is 5.75 Å². The zero-order chi connectivity index (χ0) is 15.1. The van der Waals surface area contributed by atoms with Crippen LogP contribution in [0.2, 0.25) is 0 Å². The fourth-order valence-corrected chi connectivity index (χ4v) is 2.14. The van der Waals surface area contributed by atoms with E-state index in [0.29, 0.717) is 6.42 Å². The highest BCUT2D eigenvalue weighted by Crippen LogP contribution is 2.17. The standard InChI is InChI=1S/C18H20O3/c1-14(7-12-18(19)20)21-17-10-8-16(9-11-17)13-15-5-3-2-4-6-15/h2-6,8-11,14H,7,12-13H2,1H3,(H,19,20). The van der Waals surface area contributed by atoms with Crippen molar-refractivity contribution >= 4 is 5.97 Å². The number of aliphatic carboxylic acids is 1. The van der Waals surface area contributed by atoms with Gasteiger partial charge in [0.25, 0.3) is 0 Å². The lowest BCUT2D eigenvalue weighted by Crippen LogP contribution is -2.13. The summed E-state index contributed by atoms with van der Waals surface area (Å²) in [5.74, 6) is -0.00615. The molecule has 0 fully saturated rings. The zero-order valence-electron chi connectivity index (χ0n) is 12.2. The smallest absolute Gasteiger partial charge is 0.303 e. The Hall–Kier alpha value is -2.29. The molecule has 1 N–H and O–H groups in total. The van der Waals surface area contributed by atoms with Gasteiger partial charge >= 0.3 is 5.97 Å². The third-order valence-corrected chi connectivity index (χ3v) is 3.28. The number of benzene rings is 2. The molecule has 0 aromatic heterocycles. The Kier molecular flexibility index (Phi) is 5.38. The summed E-state index contributed by atoms with van der Waals surface area (Å²) in [6.45, 7) is 1.89. The molecule has 0 bridgehead atoms. The highest BCUT2D eigenvalue weighted by Gasteiger charge is 2.07. The highest BCUT2D eigenvalue weighted by atomic mass is 16.5. The Bertz CT molecular complexity index is 561. The molecule has 0 amide bonds. The molecule has 0 radical (unpaired) electrons. The van der Waals surface area contributed by atoms with Gasteiger partial charge in [-0.3, -0.25) is 4.79 Å². The Morgan fingerprint density at radius 2 is 1.67 bits per heavy atom. The number of rotatable bonds is 7. The van der Waals surface area contributed by atoms with Crippen LogP contribution in [0, 0.1) is 0 Å². The summed E-state index contributed by atoms with van der Waals surface area (Å²) >= 11 is 0. The number of carboxylic acids is 1. The normalized spacial score (nSPS) is 11.9. The van der Waals surface area contributed by atoms with Crippen LogP contribution in [0.25, 0.3) is 0 Å². The van der Waals surface area contributed by atoms with Gasteiger partial charge in [-0.1, -0.05) is 42.5 Å². The van der Waals surface area contributed by atoms with Crippen molar-refractivity contribution in [1.82, 2.24) is 0 Å². The van der Waals surface area contributed by atoms with E-state index in [9.17, 15) is 4.79 Å². The van der Waals surface area contributed by atoms with E-state index in [0.717, 1.165) is 12.2 Å². The number of hydrogen-bond donors (Lipinski definition) is 1. The van der Waals surface area contributed by atoms with Gasteiger partial charge in [0.15, 0.2) is 0 Å². The predicted octanol–water partition coefficient (Wildman–Crippen LogP) is 3.91. The molecule has 3 heteroatoms. The minimum absolute atomic E-state index is 0.0962. The quantitative estimate of drug-likeness (QED) is 0.838. The Balaban J connectivity index is 1.88. The second-order valence-corrected chi connectivity index (χ2v) is 5.17. The molecule has 3 nitrogen and oxygen atoms in total. The van der Waals surface area contributed by atoms with Crippen molar-refractivity contribution in [3.05, 3.63) is 65.7 Å².